The molecule has 1 aromatic heterocycles. The highest BCUT2D eigenvalue weighted by atomic mass is 16.6. The first kappa shape index (κ1) is 18.7. The minimum absolute atomic E-state index is 0.203. The minimum atomic E-state index is -0.421. The average molecular weight is 404 g/mol. The Balaban J connectivity index is 1.36. The number of hydrogen-bond donors (Lipinski definition) is 1. The molecule has 2 heterocycles. The Bertz CT molecular complexity index is 1040. The number of nitrogens with one attached hydrogen (secondary N) is 1. The van der Waals surface area contributed by atoms with Gasteiger partial charge < -0.3 is 14.8 Å². The first-order valence-electron chi connectivity index (χ1n) is 10.4. The van der Waals surface area contributed by atoms with Crippen LogP contribution in [0.1, 0.15) is 47.3 Å². The van der Waals surface area contributed by atoms with Crippen LogP contribution < -0.4 is 14.8 Å². The third-order valence-electron chi connectivity index (χ3n) is 5.86. The molecule has 7 heteroatoms. The third-order valence-corrected chi connectivity index (χ3v) is 5.86. The molecule has 5 rings (SSSR count). The van der Waals surface area contributed by atoms with Gasteiger partial charge in [-0.3, -0.25) is 4.79 Å². The van der Waals surface area contributed by atoms with Crippen molar-refractivity contribution in [2.45, 2.75) is 37.8 Å². The van der Waals surface area contributed by atoms with Gasteiger partial charge in [0.25, 0.3) is 5.91 Å². The lowest BCUT2D eigenvalue weighted by Gasteiger charge is -2.32. The lowest BCUT2D eigenvalue weighted by atomic mass is 9.87. The van der Waals surface area contributed by atoms with E-state index in [-0.39, 0.29) is 5.91 Å². The predicted octanol–water partition coefficient (Wildman–Crippen LogP) is 3.30. The van der Waals surface area contributed by atoms with Crippen molar-refractivity contribution in [2.24, 2.45) is 0 Å². The van der Waals surface area contributed by atoms with Crippen LogP contribution in [0.5, 0.6) is 11.5 Å². The fourth-order valence-electron chi connectivity index (χ4n) is 4.34. The van der Waals surface area contributed by atoms with E-state index < -0.39 is 5.54 Å². The van der Waals surface area contributed by atoms with Gasteiger partial charge in [-0.25, -0.2) is 4.68 Å². The van der Waals surface area contributed by atoms with E-state index >= 15 is 0 Å². The molecule has 1 aliphatic carbocycles. The molecule has 1 aliphatic heterocycles. The van der Waals surface area contributed by atoms with Crippen LogP contribution in [0.3, 0.4) is 0 Å². The van der Waals surface area contributed by atoms with Crippen LogP contribution in [0, 0.1) is 0 Å². The Morgan fingerprint density at radius 1 is 1.03 bits per heavy atom. The van der Waals surface area contributed by atoms with Crippen molar-refractivity contribution >= 4 is 5.91 Å². The van der Waals surface area contributed by atoms with Crippen LogP contribution in [-0.4, -0.2) is 34.1 Å². The van der Waals surface area contributed by atoms with Crippen molar-refractivity contribution in [1.29, 1.82) is 0 Å². The molecule has 0 unspecified atom stereocenters. The molecule has 7 nitrogen and oxygen atoms in total. The molecule has 0 bridgehead atoms. The monoisotopic (exact) mass is 404 g/mol. The van der Waals surface area contributed by atoms with Crippen LogP contribution in [0.25, 0.3) is 0 Å². The number of hydrogen-bond acceptors (Lipinski definition) is 5. The van der Waals surface area contributed by atoms with E-state index in [4.69, 9.17) is 9.47 Å². The molecule has 3 aromatic rings. The van der Waals surface area contributed by atoms with E-state index in [1.165, 1.54) is 0 Å². The number of carbonyl (C=O) groups excluding carboxylic acids is 1. The molecule has 0 atom stereocenters. The molecule has 0 spiro atoms. The number of aromatic nitrogens is 3. The Morgan fingerprint density at radius 2 is 1.80 bits per heavy atom. The van der Waals surface area contributed by atoms with Gasteiger partial charge in [-0.15, -0.1) is 5.10 Å². The first-order valence-corrected chi connectivity index (χ1v) is 10.4. The summed E-state index contributed by atoms with van der Waals surface area (Å²) in [6.45, 7) is 1.68. The van der Waals surface area contributed by atoms with Gasteiger partial charge in [-0.1, -0.05) is 54.5 Å². The van der Waals surface area contributed by atoms with Gasteiger partial charge in [0.05, 0.1) is 18.3 Å². The summed E-state index contributed by atoms with van der Waals surface area (Å²) in [6.07, 6.45) is 5.60. The SMILES string of the molecule is O=C(NC1(c2ccc3c(c2)OCCO3)CCCC1)c1cn(Cc2ccccc2)nn1. The van der Waals surface area contributed by atoms with Crippen molar-refractivity contribution < 1.29 is 14.3 Å². The summed E-state index contributed by atoms with van der Waals surface area (Å²) in [5.74, 6) is 1.30. The van der Waals surface area contributed by atoms with Crippen LogP contribution >= 0.6 is 0 Å². The summed E-state index contributed by atoms with van der Waals surface area (Å²) >= 11 is 0. The second-order valence-electron chi connectivity index (χ2n) is 7.89. The van der Waals surface area contributed by atoms with Crippen LogP contribution in [-0.2, 0) is 12.1 Å². The molecular formula is C23H24N4O3. The predicted molar refractivity (Wildman–Crippen MR) is 111 cm³/mol. The molecule has 154 valence electrons. The standard InChI is InChI=1S/C23H24N4O3/c28-22(19-16-27(26-25-19)15-17-6-2-1-3-7-17)24-23(10-4-5-11-23)18-8-9-20-21(14-18)30-13-12-29-20/h1-3,6-9,14,16H,4-5,10-13,15H2,(H,24,28). The van der Waals surface area contributed by atoms with Gasteiger partial charge >= 0.3 is 0 Å². The minimum Gasteiger partial charge on any atom is -0.486 e. The summed E-state index contributed by atoms with van der Waals surface area (Å²) in [5.41, 5.74) is 2.07. The van der Waals surface area contributed by atoms with E-state index in [0.29, 0.717) is 25.5 Å². The van der Waals surface area contributed by atoms with Crippen molar-refractivity contribution in [1.82, 2.24) is 20.3 Å². The van der Waals surface area contributed by atoms with E-state index in [1.54, 1.807) is 10.9 Å². The van der Waals surface area contributed by atoms with Gasteiger partial charge in [0.1, 0.15) is 13.2 Å². The molecule has 1 fully saturated rings. The van der Waals surface area contributed by atoms with Gasteiger partial charge in [0.15, 0.2) is 17.2 Å². The molecular weight excluding hydrogens is 380 g/mol. The zero-order valence-electron chi connectivity index (χ0n) is 16.7. The molecule has 1 amide bonds. The van der Waals surface area contributed by atoms with Gasteiger partial charge in [0, 0.05) is 0 Å². The van der Waals surface area contributed by atoms with Crippen molar-refractivity contribution in [2.75, 3.05) is 13.2 Å². The maximum atomic E-state index is 13.1. The number of amides is 1. The number of carbonyl (C=O) groups is 1. The molecule has 2 aliphatic rings. The lowest BCUT2D eigenvalue weighted by Crippen LogP contribution is -2.44. The fourth-order valence-corrected chi connectivity index (χ4v) is 4.34. The lowest BCUT2D eigenvalue weighted by molar-refractivity contribution is 0.0892. The average Bonchev–Trinajstić information content (AvgIpc) is 3.45. The topological polar surface area (TPSA) is 78.3 Å². The van der Waals surface area contributed by atoms with Crippen LogP contribution in [0.4, 0.5) is 0 Å². The molecule has 1 saturated carbocycles. The maximum Gasteiger partial charge on any atom is 0.274 e. The highest BCUT2D eigenvalue weighted by Gasteiger charge is 2.38. The summed E-state index contributed by atoms with van der Waals surface area (Å²) in [7, 11) is 0. The largest absolute Gasteiger partial charge is 0.486 e. The maximum absolute atomic E-state index is 13.1. The smallest absolute Gasteiger partial charge is 0.274 e. The summed E-state index contributed by atoms with van der Waals surface area (Å²) in [6, 6.07) is 16.0. The molecule has 30 heavy (non-hydrogen) atoms. The first-order chi connectivity index (χ1) is 14.7. The fraction of sp³-hybridized carbons (Fsp3) is 0.348. The Hall–Kier alpha value is -3.35. The zero-order valence-corrected chi connectivity index (χ0v) is 16.7. The van der Waals surface area contributed by atoms with Gasteiger partial charge in [0.2, 0.25) is 0 Å². The highest BCUT2D eigenvalue weighted by molar-refractivity contribution is 5.92. The Labute approximate surface area is 175 Å². The molecule has 0 saturated heterocycles. The second-order valence-corrected chi connectivity index (χ2v) is 7.89. The number of ether oxygens (including phenoxy) is 2. The summed E-state index contributed by atoms with van der Waals surface area (Å²) in [4.78, 5) is 13.1. The summed E-state index contributed by atoms with van der Waals surface area (Å²) in [5, 5.41) is 11.5. The van der Waals surface area contributed by atoms with E-state index in [1.807, 2.05) is 48.5 Å². The number of benzene rings is 2. The van der Waals surface area contributed by atoms with Crippen molar-refractivity contribution in [3.8, 4) is 11.5 Å². The van der Waals surface area contributed by atoms with Crippen LogP contribution in [0.15, 0.2) is 54.7 Å². The van der Waals surface area contributed by atoms with Crippen molar-refractivity contribution in [3.05, 3.63) is 71.5 Å². The molecule has 1 N–H and O–H groups in total. The van der Waals surface area contributed by atoms with Crippen molar-refractivity contribution in [3.63, 3.8) is 0 Å². The van der Waals surface area contributed by atoms with Crippen LogP contribution in [0.2, 0.25) is 0 Å². The van der Waals surface area contributed by atoms with Gasteiger partial charge in [-0.05, 0) is 36.1 Å². The number of fused-ring (bicyclic) bond motifs is 1. The zero-order chi connectivity index (χ0) is 20.4. The van der Waals surface area contributed by atoms with E-state index in [0.717, 1.165) is 48.3 Å². The third kappa shape index (κ3) is 3.63. The normalized spacial score (nSPS) is 16.9. The van der Waals surface area contributed by atoms with Gasteiger partial charge in [-0.2, -0.15) is 0 Å². The molecule has 0 radical (unpaired) electrons. The quantitative estimate of drug-likeness (QED) is 0.706. The highest BCUT2D eigenvalue weighted by Crippen LogP contribution is 2.42. The second kappa shape index (κ2) is 7.82. The number of nitrogens with zero attached hydrogens (tertiary/aromatic N) is 3. The number of rotatable bonds is 5. The Morgan fingerprint density at radius 3 is 2.60 bits per heavy atom. The molecule has 2 aromatic carbocycles. The van der Waals surface area contributed by atoms with E-state index in [9.17, 15) is 4.79 Å². The van der Waals surface area contributed by atoms with E-state index in [2.05, 4.69) is 15.6 Å². The Kier molecular flexibility index (Phi) is 4.86. The summed E-state index contributed by atoms with van der Waals surface area (Å²) < 4.78 is 13.1.